The molecule has 1 fully saturated rings. The Morgan fingerprint density at radius 2 is 2.05 bits per heavy atom. The standard InChI is InChI=1S/C14H23N3O2/c1-2-7-17-11-15-10-12(17)13(14(18)19)16-8-5-3-4-6-9-16/h10-11,13H,2-9H2,1H3,(H,18,19). The highest BCUT2D eigenvalue weighted by Gasteiger charge is 2.30. The quantitative estimate of drug-likeness (QED) is 0.887. The molecule has 2 heterocycles. The van der Waals surface area contributed by atoms with E-state index in [1.807, 2.05) is 4.57 Å². The molecule has 0 saturated carbocycles. The highest BCUT2D eigenvalue weighted by molar-refractivity contribution is 5.74. The Balaban J connectivity index is 2.23. The Morgan fingerprint density at radius 3 is 2.63 bits per heavy atom. The van der Waals surface area contributed by atoms with Gasteiger partial charge in [-0.2, -0.15) is 0 Å². The van der Waals surface area contributed by atoms with Crippen LogP contribution >= 0.6 is 0 Å². The van der Waals surface area contributed by atoms with E-state index in [-0.39, 0.29) is 0 Å². The maximum absolute atomic E-state index is 11.7. The summed E-state index contributed by atoms with van der Waals surface area (Å²) in [5.74, 6) is -0.764. The number of carbonyl (C=O) groups is 1. The molecule has 5 heteroatoms. The number of aryl methyl sites for hydroxylation is 1. The first-order valence-electron chi connectivity index (χ1n) is 7.21. The van der Waals surface area contributed by atoms with E-state index in [1.54, 1.807) is 12.5 Å². The molecule has 0 bridgehead atoms. The number of nitrogens with zero attached hydrogens (tertiary/aromatic N) is 3. The Kier molecular flexibility index (Phi) is 4.96. The summed E-state index contributed by atoms with van der Waals surface area (Å²) in [6.07, 6.45) is 9.02. The fourth-order valence-electron chi connectivity index (χ4n) is 2.81. The third kappa shape index (κ3) is 3.35. The van der Waals surface area contributed by atoms with Crippen LogP contribution in [-0.4, -0.2) is 38.6 Å². The minimum atomic E-state index is -0.764. The summed E-state index contributed by atoms with van der Waals surface area (Å²) in [6.45, 7) is 4.65. The average molecular weight is 265 g/mol. The van der Waals surface area contributed by atoms with E-state index in [1.165, 1.54) is 12.8 Å². The van der Waals surface area contributed by atoms with E-state index in [0.29, 0.717) is 0 Å². The molecular weight excluding hydrogens is 242 g/mol. The summed E-state index contributed by atoms with van der Waals surface area (Å²) in [5, 5.41) is 9.60. The molecular formula is C14H23N3O2. The summed E-state index contributed by atoms with van der Waals surface area (Å²) < 4.78 is 1.98. The number of carboxylic acid groups (broad SMARTS) is 1. The lowest BCUT2D eigenvalue weighted by Crippen LogP contribution is -2.36. The molecule has 1 aromatic heterocycles. The Hall–Kier alpha value is -1.36. The van der Waals surface area contributed by atoms with E-state index >= 15 is 0 Å². The SMILES string of the molecule is CCCn1cncc1C(C(=O)O)N1CCCCCC1. The maximum Gasteiger partial charge on any atom is 0.327 e. The van der Waals surface area contributed by atoms with Gasteiger partial charge >= 0.3 is 5.97 Å². The van der Waals surface area contributed by atoms with Crippen LogP contribution in [0.4, 0.5) is 0 Å². The zero-order valence-corrected chi connectivity index (χ0v) is 11.6. The van der Waals surface area contributed by atoms with Crippen LogP contribution < -0.4 is 0 Å². The van der Waals surface area contributed by atoms with Gasteiger partial charge in [0.15, 0.2) is 6.04 Å². The first kappa shape index (κ1) is 14.1. The minimum Gasteiger partial charge on any atom is -0.480 e. The van der Waals surface area contributed by atoms with Gasteiger partial charge in [0.05, 0.1) is 18.2 Å². The van der Waals surface area contributed by atoms with Gasteiger partial charge in [0.25, 0.3) is 0 Å². The third-order valence-electron chi connectivity index (χ3n) is 3.73. The molecule has 1 aliphatic rings. The molecule has 1 aromatic rings. The van der Waals surface area contributed by atoms with E-state index in [0.717, 1.165) is 44.6 Å². The van der Waals surface area contributed by atoms with Crippen molar-refractivity contribution in [2.75, 3.05) is 13.1 Å². The second-order valence-corrected chi connectivity index (χ2v) is 5.20. The topological polar surface area (TPSA) is 58.4 Å². The number of aliphatic carboxylic acids is 1. The van der Waals surface area contributed by atoms with Gasteiger partial charge in [-0.05, 0) is 32.4 Å². The van der Waals surface area contributed by atoms with Crippen LogP contribution in [0, 0.1) is 0 Å². The van der Waals surface area contributed by atoms with E-state index in [4.69, 9.17) is 0 Å². The Bertz CT molecular complexity index is 409. The van der Waals surface area contributed by atoms with Gasteiger partial charge < -0.3 is 9.67 Å². The van der Waals surface area contributed by atoms with Crippen molar-refractivity contribution in [2.24, 2.45) is 0 Å². The molecule has 0 amide bonds. The van der Waals surface area contributed by atoms with E-state index in [9.17, 15) is 9.90 Å². The second kappa shape index (κ2) is 6.70. The third-order valence-corrected chi connectivity index (χ3v) is 3.73. The minimum absolute atomic E-state index is 0.549. The lowest BCUT2D eigenvalue weighted by Gasteiger charge is -2.27. The van der Waals surface area contributed by atoms with Crippen molar-refractivity contribution in [2.45, 2.75) is 51.6 Å². The highest BCUT2D eigenvalue weighted by atomic mass is 16.4. The number of aromatic nitrogens is 2. The molecule has 19 heavy (non-hydrogen) atoms. The molecule has 0 radical (unpaired) electrons. The van der Waals surface area contributed by atoms with Crippen molar-refractivity contribution < 1.29 is 9.90 Å². The maximum atomic E-state index is 11.7. The number of hydrogen-bond acceptors (Lipinski definition) is 3. The van der Waals surface area contributed by atoms with Gasteiger partial charge in [-0.1, -0.05) is 19.8 Å². The number of likely N-dealkylation sites (tertiary alicyclic amines) is 1. The number of carboxylic acids is 1. The predicted molar refractivity (Wildman–Crippen MR) is 72.9 cm³/mol. The van der Waals surface area contributed by atoms with Crippen molar-refractivity contribution >= 4 is 5.97 Å². The number of rotatable bonds is 5. The zero-order chi connectivity index (χ0) is 13.7. The molecule has 5 nitrogen and oxygen atoms in total. The van der Waals surface area contributed by atoms with Crippen LogP contribution in [0.2, 0.25) is 0 Å². The Morgan fingerprint density at radius 1 is 1.37 bits per heavy atom. The average Bonchev–Trinajstić information content (AvgIpc) is 2.65. The van der Waals surface area contributed by atoms with Gasteiger partial charge in [0.1, 0.15) is 0 Å². The van der Waals surface area contributed by atoms with Crippen LogP contribution in [0.25, 0.3) is 0 Å². The molecule has 1 unspecified atom stereocenters. The van der Waals surface area contributed by atoms with Gasteiger partial charge in [-0.15, -0.1) is 0 Å². The number of imidazole rings is 1. The normalized spacial score (nSPS) is 19.0. The highest BCUT2D eigenvalue weighted by Crippen LogP contribution is 2.24. The summed E-state index contributed by atoms with van der Waals surface area (Å²) in [6, 6.07) is -0.549. The smallest absolute Gasteiger partial charge is 0.327 e. The van der Waals surface area contributed by atoms with Gasteiger partial charge in [-0.3, -0.25) is 9.69 Å². The molecule has 1 aliphatic heterocycles. The fourth-order valence-corrected chi connectivity index (χ4v) is 2.81. The van der Waals surface area contributed by atoms with Crippen molar-refractivity contribution in [3.63, 3.8) is 0 Å². The van der Waals surface area contributed by atoms with Gasteiger partial charge in [-0.25, -0.2) is 4.98 Å². The molecule has 1 N–H and O–H groups in total. The molecule has 2 rings (SSSR count). The Labute approximate surface area is 114 Å². The van der Waals surface area contributed by atoms with Crippen LogP contribution in [0.15, 0.2) is 12.5 Å². The molecule has 1 atom stereocenters. The van der Waals surface area contributed by atoms with Gasteiger partial charge in [0.2, 0.25) is 0 Å². The van der Waals surface area contributed by atoms with Crippen molar-refractivity contribution in [3.8, 4) is 0 Å². The lowest BCUT2D eigenvalue weighted by molar-refractivity contribution is -0.143. The molecule has 0 aromatic carbocycles. The summed E-state index contributed by atoms with van der Waals surface area (Å²) in [7, 11) is 0. The molecule has 0 spiro atoms. The van der Waals surface area contributed by atoms with Gasteiger partial charge in [0, 0.05) is 6.54 Å². The predicted octanol–water partition coefficient (Wildman–Crippen LogP) is 2.29. The van der Waals surface area contributed by atoms with Crippen molar-refractivity contribution in [1.29, 1.82) is 0 Å². The largest absolute Gasteiger partial charge is 0.480 e. The van der Waals surface area contributed by atoms with Crippen molar-refractivity contribution in [3.05, 3.63) is 18.2 Å². The number of hydrogen-bond donors (Lipinski definition) is 1. The van der Waals surface area contributed by atoms with Crippen LogP contribution in [0.1, 0.15) is 50.8 Å². The van der Waals surface area contributed by atoms with E-state index < -0.39 is 12.0 Å². The lowest BCUT2D eigenvalue weighted by atomic mass is 10.1. The monoisotopic (exact) mass is 265 g/mol. The van der Waals surface area contributed by atoms with E-state index in [2.05, 4.69) is 16.8 Å². The zero-order valence-electron chi connectivity index (χ0n) is 11.6. The summed E-state index contributed by atoms with van der Waals surface area (Å²) in [5.41, 5.74) is 0.816. The first-order chi connectivity index (χ1) is 9.24. The van der Waals surface area contributed by atoms with Crippen molar-refractivity contribution in [1.82, 2.24) is 14.5 Å². The summed E-state index contributed by atoms with van der Waals surface area (Å²) in [4.78, 5) is 17.9. The van der Waals surface area contributed by atoms with Crippen LogP contribution in [0.3, 0.4) is 0 Å². The fraction of sp³-hybridized carbons (Fsp3) is 0.714. The molecule has 1 saturated heterocycles. The first-order valence-corrected chi connectivity index (χ1v) is 7.21. The molecule has 106 valence electrons. The second-order valence-electron chi connectivity index (χ2n) is 5.20. The van der Waals surface area contributed by atoms with Crippen LogP contribution in [-0.2, 0) is 11.3 Å². The van der Waals surface area contributed by atoms with Crippen LogP contribution in [0.5, 0.6) is 0 Å². The molecule has 0 aliphatic carbocycles. The summed E-state index contributed by atoms with van der Waals surface area (Å²) >= 11 is 0.